The molecule has 0 heterocycles. The molecule has 0 unspecified atom stereocenters. The van der Waals surface area contributed by atoms with Crippen LogP contribution >= 0.6 is 0 Å². The van der Waals surface area contributed by atoms with E-state index >= 15 is 0 Å². The molecule has 0 aliphatic carbocycles. The molecule has 0 aliphatic rings. The number of sulfone groups is 1. The quantitative estimate of drug-likeness (QED) is 0.917. The first-order chi connectivity index (χ1) is 10.4. The monoisotopic (exact) mass is 316 g/mol. The Kier molecular flexibility index (Phi) is 5.16. The van der Waals surface area contributed by atoms with E-state index in [-0.39, 0.29) is 9.80 Å². The average Bonchev–Trinajstić information content (AvgIpc) is 2.53. The van der Waals surface area contributed by atoms with E-state index in [1.807, 2.05) is 37.3 Å². The predicted octanol–water partition coefficient (Wildman–Crippen LogP) is 3.58. The molecule has 0 bridgehead atoms. The molecule has 2 aromatic carbocycles. The zero-order chi connectivity index (χ0) is 16.2. The van der Waals surface area contributed by atoms with Crippen LogP contribution in [0.1, 0.15) is 24.5 Å². The molecule has 0 aliphatic heterocycles. The van der Waals surface area contributed by atoms with Gasteiger partial charge in [0.15, 0.2) is 0 Å². The van der Waals surface area contributed by atoms with Crippen LogP contribution in [0.4, 0.5) is 0 Å². The van der Waals surface area contributed by atoms with E-state index < -0.39 is 15.9 Å². The summed E-state index contributed by atoms with van der Waals surface area (Å²) in [5, 5.41) is 10.2. The van der Waals surface area contributed by atoms with Crippen molar-refractivity contribution in [1.29, 1.82) is 0 Å². The van der Waals surface area contributed by atoms with Gasteiger partial charge < -0.3 is 5.11 Å². The molecule has 0 aromatic heterocycles. The second-order valence-electron chi connectivity index (χ2n) is 5.20. The summed E-state index contributed by atoms with van der Waals surface area (Å²) >= 11 is 0. The van der Waals surface area contributed by atoms with Crippen LogP contribution in [-0.4, -0.2) is 19.6 Å². The molecule has 0 radical (unpaired) electrons. The lowest BCUT2D eigenvalue weighted by atomic mass is 10.1. The Morgan fingerprint density at radius 3 is 2.23 bits per heavy atom. The highest BCUT2D eigenvalue weighted by molar-refractivity contribution is 7.95. The number of hydrogen-bond acceptors (Lipinski definition) is 3. The summed E-state index contributed by atoms with van der Waals surface area (Å²) in [4.78, 5) is 0.234. The lowest BCUT2D eigenvalue weighted by molar-refractivity contribution is 0.215. The highest BCUT2D eigenvalue weighted by Gasteiger charge is 2.25. The molecule has 0 saturated carbocycles. The van der Waals surface area contributed by atoms with E-state index in [4.69, 9.17) is 0 Å². The van der Waals surface area contributed by atoms with Crippen molar-refractivity contribution in [3.05, 3.63) is 70.6 Å². The lowest BCUT2D eigenvalue weighted by Gasteiger charge is -2.14. The van der Waals surface area contributed by atoms with Gasteiger partial charge in [-0.3, -0.25) is 0 Å². The van der Waals surface area contributed by atoms with Crippen LogP contribution in [0.25, 0.3) is 6.08 Å². The van der Waals surface area contributed by atoms with Crippen LogP contribution in [0.15, 0.2) is 64.4 Å². The molecule has 2 rings (SSSR count). The van der Waals surface area contributed by atoms with E-state index in [0.717, 1.165) is 11.1 Å². The maximum atomic E-state index is 12.8. The first-order valence-electron chi connectivity index (χ1n) is 7.21. The number of benzene rings is 2. The van der Waals surface area contributed by atoms with Crippen molar-refractivity contribution in [3.63, 3.8) is 0 Å². The molecule has 4 heteroatoms. The van der Waals surface area contributed by atoms with Gasteiger partial charge in [0.05, 0.1) is 15.9 Å². The number of hydrogen-bond donors (Lipinski definition) is 1. The molecule has 0 fully saturated rings. The fourth-order valence-corrected chi connectivity index (χ4v) is 3.70. The Labute approximate surface area is 131 Å². The van der Waals surface area contributed by atoms with Crippen molar-refractivity contribution in [2.75, 3.05) is 0 Å². The van der Waals surface area contributed by atoms with E-state index in [1.165, 1.54) is 0 Å². The standard InChI is InChI=1S/C18H20O3S/c1-3-17(19)18(13-15-7-5-4-6-8-15)22(20,21)16-11-9-14(2)10-12-16/h4-13,17,19H,3H2,1-2H3/b18-13+/t17-/m0/s1. The highest BCUT2D eigenvalue weighted by atomic mass is 32.2. The van der Waals surface area contributed by atoms with Crippen molar-refractivity contribution in [2.24, 2.45) is 0 Å². The molecular formula is C18H20O3S. The summed E-state index contributed by atoms with van der Waals surface area (Å²) in [5.74, 6) is 0. The van der Waals surface area contributed by atoms with Crippen molar-refractivity contribution < 1.29 is 13.5 Å². The summed E-state index contributed by atoms with van der Waals surface area (Å²) < 4.78 is 25.6. The summed E-state index contributed by atoms with van der Waals surface area (Å²) in [6.07, 6.45) is 0.860. The van der Waals surface area contributed by atoms with Crippen LogP contribution in [0.5, 0.6) is 0 Å². The minimum Gasteiger partial charge on any atom is -0.388 e. The van der Waals surface area contributed by atoms with Crippen LogP contribution in [-0.2, 0) is 9.84 Å². The number of rotatable bonds is 5. The molecule has 0 saturated heterocycles. The fraction of sp³-hybridized carbons (Fsp3) is 0.222. The maximum absolute atomic E-state index is 12.8. The van der Waals surface area contributed by atoms with E-state index in [1.54, 1.807) is 37.3 Å². The van der Waals surface area contributed by atoms with Gasteiger partial charge in [-0.2, -0.15) is 0 Å². The van der Waals surface area contributed by atoms with Gasteiger partial charge in [0, 0.05) is 0 Å². The first-order valence-corrected chi connectivity index (χ1v) is 8.70. The average molecular weight is 316 g/mol. The molecule has 1 atom stereocenters. The van der Waals surface area contributed by atoms with Gasteiger partial charge in [-0.15, -0.1) is 0 Å². The number of aliphatic hydroxyl groups excluding tert-OH is 1. The van der Waals surface area contributed by atoms with Crippen molar-refractivity contribution in [2.45, 2.75) is 31.3 Å². The Morgan fingerprint density at radius 2 is 1.68 bits per heavy atom. The van der Waals surface area contributed by atoms with E-state index in [9.17, 15) is 13.5 Å². The second kappa shape index (κ2) is 6.90. The second-order valence-corrected chi connectivity index (χ2v) is 7.15. The molecule has 2 aromatic rings. The van der Waals surface area contributed by atoms with Gasteiger partial charge in [-0.25, -0.2) is 8.42 Å². The largest absolute Gasteiger partial charge is 0.388 e. The molecule has 0 amide bonds. The predicted molar refractivity (Wildman–Crippen MR) is 89.1 cm³/mol. The van der Waals surface area contributed by atoms with Crippen LogP contribution in [0.2, 0.25) is 0 Å². The third kappa shape index (κ3) is 3.64. The SMILES string of the molecule is CC[C@H](O)/C(=C\c1ccccc1)S(=O)(=O)c1ccc(C)cc1. The minimum atomic E-state index is -3.72. The van der Waals surface area contributed by atoms with Gasteiger partial charge in [0.1, 0.15) is 0 Å². The van der Waals surface area contributed by atoms with Crippen molar-refractivity contribution >= 4 is 15.9 Å². The smallest absolute Gasteiger partial charge is 0.205 e. The summed E-state index contributed by atoms with van der Waals surface area (Å²) in [5.41, 5.74) is 1.74. The van der Waals surface area contributed by atoms with Crippen LogP contribution in [0.3, 0.4) is 0 Å². The lowest BCUT2D eigenvalue weighted by Crippen LogP contribution is -2.18. The number of aryl methyl sites for hydroxylation is 1. The fourth-order valence-electron chi connectivity index (χ4n) is 2.12. The van der Waals surface area contributed by atoms with Crippen molar-refractivity contribution in [1.82, 2.24) is 0 Å². The van der Waals surface area contributed by atoms with E-state index in [0.29, 0.717) is 6.42 Å². The summed E-state index contributed by atoms with van der Waals surface area (Å²) in [6, 6.07) is 15.8. The molecule has 1 N–H and O–H groups in total. The van der Waals surface area contributed by atoms with Crippen molar-refractivity contribution in [3.8, 4) is 0 Å². The number of aliphatic hydroxyl groups is 1. The van der Waals surface area contributed by atoms with Gasteiger partial charge in [-0.05, 0) is 37.1 Å². The van der Waals surface area contributed by atoms with Gasteiger partial charge in [-0.1, -0.05) is 55.0 Å². The Balaban J connectivity index is 2.54. The molecule has 22 heavy (non-hydrogen) atoms. The molecule has 3 nitrogen and oxygen atoms in total. The summed E-state index contributed by atoms with van der Waals surface area (Å²) in [7, 11) is -3.72. The Morgan fingerprint density at radius 1 is 1.09 bits per heavy atom. The third-order valence-electron chi connectivity index (χ3n) is 3.47. The Bertz CT molecular complexity index is 745. The Hall–Kier alpha value is -1.91. The van der Waals surface area contributed by atoms with Crippen LogP contribution in [0, 0.1) is 6.92 Å². The highest BCUT2D eigenvalue weighted by Crippen LogP contribution is 2.26. The van der Waals surface area contributed by atoms with Gasteiger partial charge in [0.2, 0.25) is 9.84 Å². The maximum Gasteiger partial charge on any atom is 0.205 e. The molecular weight excluding hydrogens is 296 g/mol. The van der Waals surface area contributed by atoms with Crippen LogP contribution < -0.4 is 0 Å². The van der Waals surface area contributed by atoms with E-state index in [2.05, 4.69) is 0 Å². The van der Waals surface area contributed by atoms with Gasteiger partial charge >= 0.3 is 0 Å². The zero-order valence-corrected chi connectivity index (χ0v) is 13.5. The topological polar surface area (TPSA) is 54.4 Å². The summed E-state index contributed by atoms with van der Waals surface area (Å²) in [6.45, 7) is 3.66. The normalized spacial score (nSPS) is 13.9. The van der Waals surface area contributed by atoms with Gasteiger partial charge in [0.25, 0.3) is 0 Å². The first kappa shape index (κ1) is 16.5. The molecule has 116 valence electrons. The third-order valence-corrected chi connectivity index (χ3v) is 5.37. The minimum absolute atomic E-state index is 0.0325. The zero-order valence-electron chi connectivity index (χ0n) is 12.7. The molecule has 0 spiro atoms.